The van der Waals surface area contributed by atoms with E-state index in [2.05, 4.69) is 60.8 Å². The molecule has 1 N–H and O–H groups in total. The van der Waals surface area contributed by atoms with Gasteiger partial charge in [0.15, 0.2) is 0 Å². The van der Waals surface area contributed by atoms with Gasteiger partial charge in [-0.05, 0) is 29.4 Å². The van der Waals surface area contributed by atoms with Crippen LogP contribution in [0, 0.1) is 18.8 Å². The molecular weight excluding hydrogens is 278 g/mol. The fraction of sp³-hybridized carbons (Fsp3) is 0.412. The van der Waals surface area contributed by atoms with Gasteiger partial charge in [0, 0.05) is 6.54 Å². The van der Waals surface area contributed by atoms with E-state index in [1.807, 2.05) is 0 Å². The third kappa shape index (κ3) is 3.05. The Labute approximate surface area is 130 Å². The molecule has 0 saturated heterocycles. The summed E-state index contributed by atoms with van der Waals surface area (Å²) >= 11 is 1.79. The number of benzene rings is 1. The standard InChI is InChI=1S/C17H21N3S/c1-11(2)8-18-16-15-14(9-21-17(15)20-10-19-16)13-6-4-12(3)5-7-13/h4-7,9-11,15,17H,8H2,1-3H3,(H,18,19,20)/t15-,17-/m1/s1. The van der Waals surface area contributed by atoms with Gasteiger partial charge in [-0.1, -0.05) is 43.7 Å². The summed E-state index contributed by atoms with van der Waals surface area (Å²) in [5.74, 6) is 1.87. The van der Waals surface area contributed by atoms with Gasteiger partial charge in [-0.25, -0.2) is 0 Å². The van der Waals surface area contributed by atoms with E-state index < -0.39 is 0 Å². The zero-order valence-corrected chi connectivity index (χ0v) is 13.5. The summed E-state index contributed by atoms with van der Waals surface area (Å²) in [6, 6.07) is 8.72. The van der Waals surface area contributed by atoms with Gasteiger partial charge in [0.2, 0.25) is 0 Å². The topological polar surface area (TPSA) is 36.8 Å². The molecule has 2 atom stereocenters. The van der Waals surface area contributed by atoms with Gasteiger partial charge in [-0.2, -0.15) is 0 Å². The minimum atomic E-state index is 0.230. The van der Waals surface area contributed by atoms with Gasteiger partial charge in [0.1, 0.15) is 11.2 Å². The first kappa shape index (κ1) is 14.4. The maximum atomic E-state index is 4.78. The number of amidine groups is 1. The molecule has 2 aliphatic heterocycles. The Hall–Kier alpha value is -1.55. The zero-order valence-electron chi connectivity index (χ0n) is 12.7. The number of hydrogen-bond acceptors (Lipinski definition) is 3. The lowest BCUT2D eigenvalue weighted by Crippen LogP contribution is -2.39. The number of aliphatic imine (C=N–C) groups is 2. The molecule has 110 valence electrons. The summed E-state index contributed by atoms with van der Waals surface area (Å²) in [4.78, 5) is 9.33. The van der Waals surface area contributed by atoms with Crippen LogP contribution in [0.25, 0.3) is 5.57 Å². The Morgan fingerprint density at radius 1 is 1.29 bits per heavy atom. The monoisotopic (exact) mass is 299 g/mol. The minimum absolute atomic E-state index is 0.230. The molecule has 3 rings (SSSR count). The molecule has 3 nitrogen and oxygen atoms in total. The first-order valence-corrected chi connectivity index (χ1v) is 8.34. The Bertz CT molecular complexity index is 599. The van der Waals surface area contributed by atoms with Gasteiger partial charge in [0.25, 0.3) is 0 Å². The van der Waals surface area contributed by atoms with Crippen molar-refractivity contribution in [2.45, 2.75) is 26.1 Å². The molecule has 0 fully saturated rings. The SMILES string of the molecule is Cc1ccc(C2=CS[C@H]3N=CNC(=NCC(C)C)[C@@H]23)cc1. The lowest BCUT2D eigenvalue weighted by Gasteiger charge is -2.25. The second kappa shape index (κ2) is 6.06. The Morgan fingerprint density at radius 3 is 2.76 bits per heavy atom. The molecule has 0 spiro atoms. The lowest BCUT2D eigenvalue weighted by atomic mass is 9.91. The number of thioether (sulfide) groups is 1. The van der Waals surface area contributed by atoms with Crippen LogP contribution in [0.2, 0.25) is 0 Å². The second-order valence-electron chi connectivity index (χ2n) is 5.99. The molecule has 1 aromatic carbocycles. The highest BCUT2D eigenvalue weighted by Gasteiger charge is 2.36. The van der Waals surface area contributed by atoms with Crippen molar-refractivity contribution in [3.8, 4) is 0 Å². The van der Waals surface area contributed by atoms with Crippen molar-refractivity contribution in [2.75, 3.05) is 6.54 Å². The van der Waals surface area contributed by atoms with Crippen LogP contribution in [0.3, 0.4) is 0 Å². The molecular formula is C17H21N3S. The Kier molecular flexibility index (Phi) is 4.15. The highest BCUT2D eigenvalue weighted by molar-refractivity contribution is 8.03. The molecule has 21 heavy (non-hydrogen) atoms. The summed E-state index contributed by atoms with van der Waals surface area (Å²) in [6.07, 6.45) is 1.79. The van der Waals surface area contributed by atoms with E-state index in [0.717, 1.165) is 12.4 Å². The zero-order chi connectivity index (χ0) is 14.8. The maximum Gasteiger partial charge on any atom is 0.115 e. The third-order valence-corrected chi connectivity index (χ3v) is 4.76. The molecule has 0 bridgehead atoms. The number of nitrogens with one attached hydrogen (secondary N) is 1. The van der Waals surface area contributed by atoms with E-state index >= 15 is 0 Å². The molecule has 4 heteroatoms. The molecule has 2 aliphatic rings. The lowest BCUT2D eigenvalue weighted by molar-refractivity contribution is 0.656. The highest BCUT2D eigenvalue weighted by Crippen LogP contribution is 2.43. The van der Waals surface area contributed by atoms with Gasteiger partial charge in [-0.3, -0.25) is 9.98 Å². The predicted molar refractivity (Wildman–Crippen MR) is 92.8 cm³/mol. The quantitative estimate of drug-likeness (QED) is 0.923. The van der Waals surface area contributed by atoms with Crippen molar-refractivity contribution < 1.29 is 0 Å². The van der Waals surface area contributed by atoms with Crippen LogP contribution in [0.15, 0.2) is 39.7 Å². The summed E-state index contributed by atoms with van der Waals surface area (Å²) < 4.78 is 0. The minimum Gasteiger partial charge on any atom is -0.335 e. The van der Waals surface area contributed by atoms with E-state index in [9.17, 15) is 0 Å². The number of aryl methyl sites for hydroxylation is 1. The summed E-state index contributed by atoms with van der Waals surface area (Å²) in [5, 5.41) is 5.74. The molecule has 2 heterocycles. The van der Waals surface area contributed by atoms with Crippen molar-refractivity contribution in [2.24, 2.45) is 21.8 Å². The van der Waals surface area contributed by atoms with Crippen LogP contribution in [0.1, 0.15) is 25.0 Å². The van der Waals surface area contributed by atoms with Crippen LogP contribution in [-0.2, 0) is 0 Å². The number of nitrogens with zero attached hydrogens (tertiary/aromatic N) is 2. The van der Waals surface area contributed by atoms with Crippen molar-refractivity contribution in [3.05, 3.63) is 40.8 Å². The summed E-state index contributed by atoms with van der Waals surface area (Å²) in [5.41, 5.74) is 3.89. The van der Waals surface area contributed by atoms with E-state index in [1.54, 1.807) is 18.1 Å². The largest absolute Gasteiger partial charge is 0.335 e. The predicted octanol–water partition coefficient (Wildman–Crippen LogP) is 3.71. The molecule has 0 radical (unpaired) electrons. The summed E-state index contributed by atoms with van der Waals surface area (Å²) in [6.45, 7) is 7.36. The van der Waals surface area contributed by atoms with Crippen molar-refractivity contribution >= 4 is 29.5 Å². The maximum absolute atomic E-state index is 4.78. The number of hydrogen-bond donors (Lipinski definition) is 1. The smallest absolute Gasteiger partial charge is 0.115 e. The fourth-order valence-corrected chi connectivity index (χ4v) is 3.67. The van der Waals surface area contributed by atoms with Gasteiger partial charge in [-0.15, -0.1) is 11.8 Å². The van der Waals surface area contributed by atoms with Gasteiger partial charge < -0.3 is 5.32 Å². The van der Waals surface area contributed by atoms with E-state index in [0.29, 0.717) is 5.92 Å². The van der Waals surface area contributed by atoms with Crippen molar-refractivity contribution in [1.29, 1.82) is 0 Å². The first-order valence-electron chi connectivity index (χ1n) is 7.40. The summed E-state index contributed by atoms with van der Waals surface area (Å²) in [7, 11) is 0. The second-order valence-corrected chi connectivity index (χ2v) is 6.98. The Balaban J connectivity index is 1.90. The molecule has 0 amide bonds. The molecule has 0 saturated carbocycles. The van der Waals surface area contributed by atoms with Gasteiger partial charge in [0.05, 0.1) is 12.3 Å². The van der Waals surface area contributed by atoms with Crippen LogP contribution >= 0.6 is 11.8 Å². The average molecular weight is 299 g/mol. The van der Waals surface area contributed by atoms with Crippen LogP contribution in [0.4, 0.5) is 0 Å². The van der Waals surface area contributed by atoms with Crippen LogP contribution < -0.4 is 5.32 Å². The van der Waals surface area contributed by atoms with E-state index in [4.69, 9.17) is 4.99 Å². The van der Waals surface area contributed by atoms with Crippen LogP contribution in [-0.4, -0.2) is 24.1 Å². The number of fused-ring (bicyclic) bond motifs is 1. The molecule has 0 unspecified atom stereocenters. The molecule has 0 aromatic heterocycles. The fourth-order valence-electron chi connectivity index (χ4n) is 2.54. The average Bonchev–Trinajstić information content (AvgIpc) is 2.90. The molecule has 0 aliphatic carbocycles. The number of rotatable bonds is 3. The Morgan fingerprint density at radius 2 is 2.05 bits per heavy atom. The van der Waals surface area contributed by atoms with E-state index in [1.165, 1.54) is 16.7 Å². The van der Waals surface area contributed by atoms with Crippen molar-refractivity contribution in [1.82, 2.24) is 5.32 Å². The van der Waals surface area contributed by atoms with Crippen molar-refractivity contribution in [3.63, 3.8) is 0 Å². The third-order valence-electron chi connectivity index (χ3n) is 3.69. The molecule has 1 aromatic rings. The normalized spacial score (nSPS) is 25.9. The van der Waals surface area contributed by atoms with Gasteiger partial charge >= 0.3 is 0 Å². The van der Waals surface area contributed by atoms with E-state index in [-0.39, 0.29) is 11.3 Å². The highest BCUT2D eigenvalue weighted by atomic mass is 32.2. The first-order chi connectivity index (χ1) is 10.1. The van der Waals surface area contributed by atoms with Crippen LogP contribution in [0.5, 0.6) is 0 Å².